The Hall–Kier alpha value is -6.68. The van der Waals surface area contributed by atoms with Crippen molar-refractivity contribution >= 4 is 92.1 Å². The van der Waals surface area contributed by atoms with Gasteiger partial charge in [-0.1, -0.05) is 133 Å². The van der Waals surface area contributed by atoms with E-state index in [9.17, 15) is 0 Å². The Morgan fingerprint density at radius 1 is 0.377 bits per heavy atom. The number of benzene rings is 9. The Labute approximate surface area is 310 Å². The average molecular weight is 694 g/mol. The SMILES string of the molecule is c1ccc(-c2ccc(N(c3ccc(-c4ccc5ccccc5c4)cc3)c3cccc4c3sc3ccc5c6ccc7ccccc7c6oc5c34)cc2)cc1. The Morgan fingerprint density at radius 3 is 1.75 bits per heavy atom. The molecule has 0 amide bonds. The molecule has 0 bridgehead atoms. The maximum absolute atomic E-state index is 6.85. The van der Waals surface area contributed by atoms with Gasteiger partial charge in [0, 0.05) is 43.0 Å². The van der Waals surface area contributed by atoms with Gasteiger partial charge in [-0.3, -0.25) is 0 Å². The molecule has 0 fully saturated rings. The van der Waals surface area contributed by atoms with E-state index in [0.29, 0.717) is 0 Å². The molecule has 11 aromatic rings. The normalized spacial score (nSPS) is 11.8. The van der Waals surface area contributed by atoms with E-state index in [1.54, 1.807) is 0 Å². The highest BCUT2D eigenvalue weighted by Gasteiger charge is 2.21. The van der Waals surface area contributed by atoms with Gasteiger partial charge in [-0.25, -0.2) is 0 Å². The van der Waals surface area contributed by atoms with Crippen molar-refractivity contribution in [2.75, 3.05) is 4.90 Å². The average Bonchev–Trinajstić information content (AvgIpc) is 3.81. The van der Waals surface area contributed by atoms with Crippen molar-refractivity contribution in [3.8, 4) is 22.3 Å². The van der Waals surface area contributed by atoms with E-state index < -0.39 is 0 Å². The van der Waals surface area contributed by atoms with Gasteiger partial charge in [-0.15, -0.1) is 11.3 Å². The van der Waals surface area contributed by atoms with Crippen LogP contribution in [0.4, 0.5) is 17.1 Å². The zero-order valence-electron chi connectivity index (χ0n) is 28.7. The lowest BCUT2D eigenvalue weighted by Gasteiger charge is -2.26. The second kappa shape index (κ2) is 11.9. The van der Waals surface area contributed by atoms with Crippen molar-refractivity contribution in [3.63, 3.8) is 0 Å². The number of hydrogen-bond acceptors (Lipinski definition) is 3. The van der Waals surface area contributed by atoms with Crippen LogP contribution in [-0.2, 0) is 0 Å². The quantitative estimate of drug-likeness (QED) is 0.178. The number of anilines is 3. The summed E-state index contributed by atoms with van der Waals surface area (Å²) < 4.78 is 9.29. The van der Waals surface area contributed by atoms with Crippen molar-refractivity contribution in [2.45, 2.75) is 0 Å². The van der Waals surface area contributed by atoms with Crippen LogP contribution in [0.15, 0.2) is 192 Å². The molecule has 0 radical (unpaired) electrons. The Bertz CT molecular complexity index is 3150. The summed E-state index contributed by atoms with van der Waals surface area (Å²) in [5.41, 5.74) is 10.1. The lowest BCUT2D eigenvalue weighted by Crippen LogP contribution is -2.10. The van der Waals surface area contributed by atoms with Crippen LogP contribution in [-0.4, -0.2) is 0 Å². The number of nitrogens with zero attached hydrogens (tertiary/aromatic N) is 1. The number of thiophene rings is 1. The zero-order valence-corrected chi connectivity index (χ0v) is 29.5. The summed E-state index contributed by atoms with van der Waals surface area (Å²) in [6.45, 7) is 0. The fraction of sp³-hybridized carbons (Fsp3) is 0. The fourth-order valence-corrected chi connectivity index (χ4v) is 9.24. The third-order valence-corrected chi connectivity index (χ3v) is 11.8. The second-order valence-electron chi connectivity index (χ2n) is 13.7. The van der Waals surface area contributed by atoms with E-state index in [1.807, 2.05) is 11.3 Å². The van der Waals surface area contributed by atoms with Gasteiger partial charge in [0.1, 0.15) is 11.2 Å². The first-order valence-electron chi connectivity index (χ1n) is 18.0. The zero-order chi connectivity index (χ0) is 34.9. The van der Waals surface area contributed by atoms with Crippen LogP contribution >= 0.6 is 11.3 Å². The molecule has 248 valence electrons. The van der Waals surface area contributed by atoms with Crippen LogP contribution in [0.3, 0.4) is 0 Å². The molecular weight excluding hydrogens is 663 g/mol. The summed E-state index contributed by atoms with van der Waals surface area (Å²) in [5.74, 6) is 0. The first-order chi connectivity index (χ1) is 26.3. The molecular formula is C50H31NOS. The molecule has 0 aliphatic rings. The van der Waals surface area contributed by atoms with E-state index in [1.165, 1.54) is 58.6 Å². The third-order valence-electron chi connectivity index (χ3n) is 10.7. The number of furan rings is 1. The smallest absolute Gasteiger partial charge is 0.144 e. The van der Waals surface area contributed by atoms with Gasteiger partial charge in [0.15, 0.2) is 0 Å². The molecule has 0 spiro atoms. The fourth-order valence-electron chi connectivity index (χ4n) is 8.04. The van der Waals surface area contributed by atoms with E-state index in [-0.39, 0.29) is 0 Å². The summed E-state index contributed by atoms with van der Waals surface area (Å²) >= 11 is 1.83. The first-order valence-corrected chi connectivity index (χ1v) is 18.8. The molecule has 0 saturated heterocycles. The Kier molecular flexibility index (Phi) is 6.76. The predicted octanol–water partition coefficient (Wildman–Crippen LogP) is 15.1. The van der Waals surface area contributed by atoms with Crippen LogP contribution in [0.5, 0.6) is 0 Å². The minimum absolute atomic E-state index is 0.952. The molecule has 0 aliphatic carbocycles. The number of fused-ring (bicyclic) bond motifs is 10. The molecule has 0 N–H and O–H groups in total. The van der Waals surface area contributed by atoms with Crippen LogP contribution in [0.1, 0.15) is 0 Å². The van der Waals surface area contributed by atoms with Gasteiger partial charge in [0.25, 0.3) is 0 Å². The van der Waals surface area contributed by atoms with Gasteiger partial charge in [-0.2, -0.15) is 0 Å². The van der Waals surface area contributed by atoms with Crippen LogP contribution < -0.4 is 4.90 Å². The largest absolute Gasteiger partial charge is 0.455 e. The number of rotatable bonds is 5. The summed E-state index contributed by atoms with van der Waals surface area (Å²) in [4.78, 5) is 2.40. The van der Waals surface area contributed by atoms with E-state index >= 15 is 0 Å². The summed E-state index contributed by atoms with van der Waals surface area (Å²) in [5, 5.41) is 9.52. The van der Waals surface area contributed by atoms with E-state index in [0.717, 1.165) is 44.4 Å². The van der Waals surface area contributed by atoms with Crippen molar-refractivity contribution in [1.29, 1.82) is 0 Å². The summed E-state index contributed by atoms with van der Waals surface area (Å²) in [6.07, 6.45) is 0. The van der Waals surface area contributed by atoms with Gasteiger partial charge in [-0.05, 0) is 93.0 Å². The van der Waals surface area contributed by atoms with E-state index in [2.05, 4.69) is 193 Å². The van der Waals surface area contributed by atoms with Gasteiger partial charge in [0.05, 0.1) is 10.4 Å². The lowest BCUT2D eigenvalue weighted by atomic mass is 10.0. The minimum Gasteiger partial charge on any atom is -0.455 e. The second-order valence-corrected chi connectivity index (χ2v) is 14.7. The monoisotopic (exact) mass is 693 g/mol. The minimum atomic E-state index is 0.952. The molecule has 0 unspecified atom stereocenters. The molecule has 2 heterocycles. The molecule has 2 aromatic heterocycles. The molecule has 3 heteroatoms. The highest BCUT2D eigenvalue weighted by molar-refractivity contribution is 7.26. The van der Waals surface area contributed by atoms with Crippen LogP contribution in [0.25, 0.3) is 85.9 Å². The van der Waals surface area contributed by atoms with Gasteiger partial charge >= 0.3 is 0 Å². The van der Waals surface area contributed by atoms with Gasteiger partial charge in [0.2, 0.25) is 0 Å². The maximum Gasteiger partial charge on any atom is 0.144 e. The standard InChI is InChI=1S/C50H31NOS/c1-2-9-32(10-3-1)34-19-24-39(25-20-34)51(40-26-21-35(22-27-40)38-18-17-33-11-4-5-13-37(33)31-38)45-16-8-15-44-47-46(53-50(44)45)30-29-43-42-28-23-36-12-6-7-14-41(36)48(42)52-49(43)47/h1-31H. The highest BCUT2D eigenvalue weighted by Crippen LogP contribution is 2.48. The van der Waals surface area contributed by atoms with Crippen molar-refractivity contribution in [3.05, 3.63) is 188 Å². The van der Waals surface area contributed by atoms with Gasteiger partial charge < -0.3 is 9.32 Å². The van der Waals surface area contributed by atoms with Crippen molar-refractivity contribution in [2.24, 2.45) is 0 Å². The number of hydrogen-bond donors (Lipinski definition) is 0. The van der Waals surface area contributed by atoms with Crippen LogP contribution in [0.2, 0.25) is 0 Å². The Morgan fingerprint density at radius 2 is 0.962 bits per heavy atom. The first kappa shape index (κ1) is 30.0. The molecule has 0 atom stereocenters. The molecule has 2 nitrogen and oxygen atoms in total. The van der Waals surface area contributed by atoms with Crippen LogP contribution in [0, 0.1) is 0 Å². The molecule has 11 rings (SSSR count). The van der Waals surface area contributed by atoms with Crippen molar-refractivity contribution in [1.82, 2.24) is 0 Å². The summed E-state index contributed by atoms with van der Waals surface area (Å²) in [7, 11) is 0. The Balaban J connectivity index is 1.10. The predicted molar refractivity (Wildman–Crippen MR) is 227 cm³/mol. The summed E-state index contributed by atoms with van der Waals surface area (Å²) in [6, 6.07) is 67.9. The molecule has 53 heavy (non-hydrogen) atoms. The lowest BCUT2D eigenvalue weighted by molar-refractivity contribution is 0.677. The molecule has 0 saturated carbocycles. The maximum atomic E-state index is 6.85. The van der Waals surface area contributed by atoms with Crippen molar-refractivity contribution < 1.29 is 4.42 Å². The van der Waals surface area contributed by atoms with E-state index in [4.69, 9.17) is 4.42 Å². The topological polar surface area (TPSA) is 16.4 Å². The third kappa shape index (κ3) is 4.86. The highest BCUT2D eigenvalue weighted by atomic mass is 32.1. The molecule has 9 aromatic carbocycles. The molecule has 0 aliphatic heterocycles.